The molecule has 176 valence electrons. The van der Waals surface area contributed by atoms with E-state index < -0.39 is 17.4 Å². The van der Waals surface area contributed by atoms with E-state index in [4.69, 9.17) is 4.98 Å². The molecule has 4 aliphatic rings. The molecule has 0 bridgehead atoms. The van der Waals surface area contributed by atoms with Gasteiger partial charge in [-0.2, -0.15) is 0 Å². The van der Waals surface area contributed by atoms with Gasteiger partial charge >= 0.3 is 0 Å². The fraction of sp³-hybridized carbons (Fsp3) is 0.241. The molecule has 4 unspecified atom stereocenters. The van der Waals surface area contributed by atoms with E-state index in [1.54, 1.807) is 10.6 Å². The number of carbonyl (C=O) groups is 2. The summed E-state index contributed by atoms with van der Waals surface area (Å²) in [7, 11) is 0. The fourth-order valence-corrected chi connectivity index (χ4v) is 7.45. The molecule has 1 spiro atoms. The standard InChI is InChI=1S/C29H22N4O3/c34-25-18-11-4-6-13-20(18)30-28-29(19-12-5-7-14-21(19)33(25)28)24-23(22-15-8-16-31(22)29)26(35)32(27(24)36)17-9-2-1-3-10-17/h1-7,9-14,22-24H,8,15-16H2. The van der Waals surface area contributed by atoms with Crippen molar-refractivity contribution in [2.75, 3.05) is 11.4 Å². The maximum absolute atomic E-state index is 14.3. The zero-order chi connectivity index (χ0) is 24.2. The van der Waals surface area contributed by atoms with Gasteiger partial charge in [0.2, 0.25) is 11.8 Å². The minimum absolute atomic E-state index is 0.0804. The Hall–Kier alpha value is -4.10. The number of para-hydroxylation sites is 3. The lowest BCUT2D eigenvalue weighted by Gasteiger charge is -2.38. The second-order valence-electron chi connectivity index (χ2n) is 10.1. The number of nitrogens with zero attached hydrogens (tertiary/aromatic N) is 4. The van der Waals surface area contributed by atoms with E-state index in [9.17, 15) is 14.4 Å². The third-order valence-electron chi connectivity index (χ3n) is 8.65. The van der Waals surface area contributed by atoms with Crippen molar-refractivity contribution in [1.29, 1.82) is 0 Å². The van der Waals surface area contributed by atoms with Gasteiger partial charge in [0.25, 0.3) is 5.56 Å². The molecule has 4 aliphatic heterocycles. The largest absolute Gasteiger partial charge is 0.283 e. The Morgan fingerprint density at radius 2 is 1.58 bits per heavy atom. The molecule has 7 nitrogen and oxygen atoms in total. The fourth-order valence-electron chi connectivity index (χ4n) is 7.45. The zero-order valence-electron chi connectivity index (χ0n) is 19.4. The first-order valence-corrected chi connectivity index (χ1v) is 12.5. The molecule has 5 heterocycles. The van der Waals surface area contributed by atoms with Gasteiger partial charge in [0, 0.05) is 11.6 Å². The van der Waals surface area contributed by atoms with E-state index in [2.05, 4.69) is 4.90 Å². The van der Waals surface area contributed by atoms with Gasteiger partial charge in [-0.1, -0.05) is 48.5 Å². The summed E-state index contributed by atoms with van der Waals surface area (Å²) in [5, 5.41) is 0.542. The van der Waals surface area contributed by atoms with Crippen LogP contribution < -0.4 is 10.5 Å². The van der Waals surface area contributed by atoms with Gasteiger partial charge < -0.3 is 0 Å². The number of fused-ring (bicyclic) bond motifs is 11. The molecule has 8 rings (SSSR count). The molecule has 1 aromatic heterocycles. The summed E-state index contributed by atoms with van der Waals surface area (Å²) >= 11 is 0. The molecular formula is C29H22N4O3. The average molecular weight is 475 g/mol. The number of anilines is 1. The van der Waals surface area contributed by atoms with Crippen LogP contribution in [0.2, 0.25) is 0 Å². The summed E-state index contributed by atoms with van der Waals surface area (Å²) in [5.74, 6) is -0.940. The van der Waals surface area contributed by atoms with Crippen LogP contribution in [0.4, 0.5) is 5.69 Å². The Balaban J connectivity index is 1.47. The maximum atomic E-state index is 14.3. The smallest absolute Gasteiger partial charge is 0.266 e. The molecule has 0 radical (unpaired) electrons. The highest BCUT2D eigenvalue weighted by Gasteiger charge is 2.73. The van der Waals surface area contributed by atoms with E-state index in [0.29, 0.717) is 22.4 Å². The molecule has 4 aromatic rings. The van der Waals surface area contributed by atoms with E-state index >= 15 is 0 Å². The molecule has 0 saturated carbocycles. The van der Waals surface area contributed by atoms with Crippen molar-refractivity contribution < 1.29 is 9.59 Å². The SMILES string of the molecule is O=C1C2C3CCCN3C3(c4ccccc4-n4c3nc3ccccc3c4=O)C2C(=O)N1c1ccccc1. The first kappa shape index (κ1) is 20.1. The monoisotopic (exact) mass is 474 g/mol. The lowest BCUT2D eigenvalue weighted by atomic mass is 9.75. The number of rotatable bonds is 1. The molecule has 4 atom stereocenters. The highest BCUT2D eigenvalue weighted by atomic mass is 16.2. The van der Waals surface area contributed by atoms with Crippen LogP contribution in [0.1, 0.15) is 24.2 Å². The number of amides is 2. The van der Waals surface area contributed by atoms with E-state index in [1.807, 2.05) is 72.8 Å². The van der Waals surface area contributed by atoms with Crippen LogP contribution in [0.25, 0.3) is 16.6 Å². The zero-order valence-corrected chi connectivity index (χ0v) is 19.4. The summed E-state index contributed by atoms with van der Waals surface area (Å²) in [4.78, 5) is 51.0. The van der Waals surface area contributed by atoms with Crippen LogP contribution in [0, 0.1) is 11.8 Å². The summed E-state index contributed by atoms with van der Waals surface area (Å²) in [5.41, 5.74) is 1.73. The summed E-state index contributed by atoms with van der Waals surface area (Å²) < 4.78 is 1.69. The van der Waals surface area contributed by atoms with Crippen molar-refractivity contribution >= 4 is 28.4 Å². The third kappa shape index (κ3) is 2.14. The van der Waals surface area contributed by atoms with Gasteiger partial charge in [0.1, 0.15) is 11.4 Å². The van der Waals surface area contributed by atoms with Crippen molar-refractivity contribution in [2.24, 2.45) is 11.8 Å². The summed E-state index contributed by atoms with van der Waals surface area (Å²) in [6.45, 7) is 0.751. The number of benzene rings is 3. The summed E-state index contributed by atoms with van der Waals surface area (Å²) in [6, 6.07) is 24.3. The highest BCUT2D eigenvalue weighted by molar-refractivity contribution is 6.23. The van der Waals surface area contributed by atoms with Crippen molar-refractivity contribution in [3.63, 3.8) is 0 Å². The number of hydrogen-bond donors (Lipinski definition) is 0. The van der Waals surface area contributed by atoms with E-state index in [0.717, 1.165) is 30.6 Å². The topological polar surface area (TPSA) is 75.5 Å². The lowest BCUT2D eigenvalue weighted by molar-refractivity contribution is -0.124. The molecule has 3 saturated heterocycles. The van der Waals surface area contributed by atoms with E-state index in [1.165, 1.54) is 4.90 Å². The van der Waals surface area contributed by atoms with Gasteiger partial charge in [-0.15, -0.1) is 0 Å². The van der Waals surface area contributed by atoms with Crippen LogP contribution >= 0.6 is 0 Å². The van der Waals surface area contributed by atoms with Crippen LogP contribution in [0.5, 0.6) is 0 Å². The van der Waals surface area contributed by atoms with Crippen molar-refractivity contribution in [3.8, 4) is 5.69 Å². The second kappa shape index (κ2) is 6.77. The number of aromatic nitrogens is 2. The maximum Gasteiger partial charge on any atom is 0.266 e. The number of imide groups is 1. The Kier molecular flexibility index (Phi) is 3.78. The molecule has 3 fully saturated rings. The minimum Gasteiger partial charge on any atom is -0.283 e. The first-order valence-electron chi connectivity index (χ1n) is 12.5. The molecule has 0 N–H and O–H groups in total. The quantitative estimate of drug-likeness (QED) is 0.396. The Morgan fingerprint density at radius 1 is 0.833 bits per heavy atom. The Labute approximate surface area is 206 Å². The first-order chi connectivity index (χ1) is 17.6. The highest BCUT2D eigenvalue weighted by Crippen LogP contribution is 2.62. The van der Waals surface area contributed by atoms with Crippen molar-refractivity contribution in [3.05, 3.63) is 101 Å². The summed E-state index contributed by atoms with van der Waals surface area (Å²) in [6.07, 6.45) is 1.77. The van der Waals surface area contributed by atoms with Gasteiger partial charge in [-0.3, -0.25) is 23.9 Å². The van der Waals surface area contributed by atoms with Gasteiger partial charge in [0.15, 0.2) is 0 Å². The molecule has 36 heavy (non-hydrogen) atoms. The lowest BCUT2D eigenvalue weighted by Crippen LogP contribution is -2.51. The number of hydrogen-bond acceptors (Lipinski definition) is 5. The van der Waals surface area contributed by atoms with Crippen LogP contribution in [0.3, 0.4) is 0 Å². The third-order valence-corrected chi connectivity index (χ3v) is 8.65. The minimum atomic E-state index is -0.970. The molecule has 2 amide bonds. The predicted molar refractivity (Wildman–Crippen MR) is 134 cm³/mol. The van der Waals surface area contributed by atoms with Gasteiger partial charge in [-0.05, 0) is 49.7 Å². The number of carbonyl (C=O) groups excluding carboxylic acids is 2. The van der Waals surface area contributed by atoms with E-state index in [-0.39, 0.29) is 23.4 Å². The van der Waals surface area contributed by atoms with Crippen LogP contribution in [0.15, 0.2) is 83.7 Å². The Morgan fingerprint density at radius 3 is 2.44 bits per heavy atom. The average Bonchev–Trinajstić information content (AvgIpc) is 3.62. The normalized spacial score (nSPS) is 28.1. The molecule has 0 aliphatic carbocycles. The molecule has 3 aromatic carbocycles. The van der Waals surface area contributed by atoms with Crippen molar-refractivity contribution in [1.82, 2.24) is 14.5 Å². The van der Waals surface area contributed by atoms with Crippen LogP contribution in [-0.2, 0) is 15.1 Å². The second-order valence-corrected chi connectivity index (χ2v) is 10.1. The van der Waals surface area contributed by atoms with Crippen LogP contribution in [-0.4, -0.2) is 38.9 Å². The van der Waals surface area contributed by atoms with Gasteiger partial charge in [0.05, 0.1) is 34.1 Å². The van der Waals surface area contributed by atoms with Gasteiger partial charge in [-0.25, -0.2) is 9.88 Å². The van der Waals surface area contributed by atoms with Crippen molar-refractivity contribution in [2.45, 2.75) is 24.4 Å². The predicted octanol–water partition coefficient (Wildman–Crippen LogP) is 3.23. The molecule has 7 heteroatoms. The Bertz CT molecular complexity index is 1680. The molecular weight excluding hydrogens is 452 g/mol.